The Labute approximate surface area is 104 Å². The maximum absolute atomic E-state index is 11.2. The molecule has 2 N–H and O–H groups in total. The van der Waals surface area contributed by atoms with E-state index in [1.54, 1.807) is 21.6 Å². The molecule has 94 valence electrons. The van der Waals surface area contributed by atoms with Gasteiger partial charge in [0.1, 0.15) is 11.3 Å². The largest absolute Gasteiger partial charge is 0.368 e. The van der Waals surface area contributed by atoms with Gasteiger partial charge >= 0.3 is 0 Å². The Bertz CT molecular complexity index is 591. The predicted octanol–water partition coefficient (Wildman–Crippen LogP) is 0.458. The monoisotopic (exact) mass is 246 g/mol. The normalized spacial score (nSPS) is 10.5. The van der Waals surface area contributed by atoms with Gasteiger partial charge < -0.3 is 10.6 Å². The second kappa shape index (κ2) is 4.87. The van der Waals surface area contributed by atoms with Crippen LogP contribution in [-0.2, 0) is 4.79 Å². The van der Waals surface area contributed by atoms with Crippen molar-refractivity contribution in [2.45, 2.75) is 6.92 Å². The number of fused-ring (bicyclic) bond motifs is 1. The van der Waals surface area contributed by atoms with Crippen LogP contribution in [0.25, 0.3) is 5.65 Å². The smallest absolute Gasteiger partial charge is 0.236 e. The molecule has 0 saturated heterocycles. The maximum atomic E-state index is 11.2. The van der Waals surface area contributed by atoms with Crippen LogP contribution in [0.3, 0.4) is 0 Å². The van der Waals surface area contributed by atoms with Gasteiger partial charge in [-0.25, -0.2) is 4.98 Å². The van der Waals surface area contributed by atoms with Crippen molar-refractivity contribution >= 4 is 23.7 Å². The van der Waals surface area contributed by atoms with E-state index in [9.17, 15) is 9.59 Å². The van der Waals surface area contributed by atoms with Gasteiger partial charge in [-0.05, 0) is 19.1 Å². The summed E-state index contributed by atoms with van der Waals surface area (Å²) in [6.07, 6.45) is 2.49. The molecule has 0 spiro atoms. The van der Waals surface area contributed by atoms with Gasteiger partial charge in [0.05, 0.1) is 6.54 Å². The molecule has 2 rings (SSSR count). The van der Waals surface area contributed by atoms with Gasteiger partial charge in [-0.15, -0.1) is 0 Å². The summed E-state index contributed by atoms with van der Waals surface area (Å²) in [6.45, 7) is 2.47. The number of hydrogen-bond acceptors (Lipinski definition) is 4. The summed E-state index contributed by atoms with van der Waals surface area (Å²) in [6, 6.07) is 5.45. The Morgan fingerprint density at radius 3 is 2.94 bits per heavy atom. The van der Waals surface area contributed by atoms with Crippen LogP contribution in [0.1, 0.15) is 17.4 Å². The first-order chi connectivity index (χ1) is 8.67. The highest BCUT2D eigenvalue weighted by Gasteiger charge is 2.17. The van der Waals surface area contributed by atoms with Crippen molar-refractivity contribution in [3.63, 3.8) is 0 Å². The van der Waals surface area contributed by atoms with Crippen molar-refractivity contribution in [3.8, 4) is 0 Å². The SMILES string of the molecule is CCN(CC(N)=O)c1nc2ccccn2c1C=O. The number of hydrogen-bond donors (Lipinski definition) is 1. The molecule has 2 heterocycles. The van der Waals surface area contributed by atoms with Crippen LogP contribution in [-0.4, -0.2) is 34.7 Å². The molecule has 0 radical (unpaired) electrons. The fourth-order valence-corrected chi connectivity index (χ4v) is 1.87. The minimum absolute atomic E-state index is 0.0429. The molecule has 0 atom stereocenters. The molecule has 2 aromatic rings. The molecule has 0 fully saturated rings. The highest BCUT2D eigenvalue weighted by molar-refractivity contribution is 5.86. The van der Waals surface area contributed by atoms with Gasteiger partial charge in [-0.1, -0.05) is 6.07 Å². The third-order valence-electron chi connectivity index (χ3n) is 2.69. The molecule has 6 nitrogen and oxygen atoms in total. The van der Waals surface area contributed by atoms with E-state index >= 15 is 0 Å². The number of likely N-dealkylation sites (N-methyl/N-ethyl adjacent to an activating group) is 1. The van der Waals surface area contributed by atoms with Crippen LogP contribution in [0.4, 0.5) is 5.82 Å². The Balaban J connectivity index is 2.54. The summed E-state index contributed by atoms with van der Waals surface area (Å²) >= 11 is 0. The third-order valence-corrected chi connectivity index (χ3v) is 2.69. The Morgan fingerprint density at radius 1 is 1.56 bits per heavy atom. The van der Waals surface area contributed by atoms with Crippen LogP contribution >= 0.6 is 0 Å². The number of anilines is 1. The fraction of sp³-hybridized carbons (Fsp3) is 0.250. The quantitative estimate of drug-likeness (QED) is 0.777. The van der Waals surface area contributed by atoms with E-state index in [0.717, 1.165) is 6.29 Å². The van der Waals surface area contributed by atoms with Gasteiger partial charge in [0, 0.05) is 12.7 Å². The maximum Gasteiger partial charge on any atom is 0.236 e. The topological polar surface area (TPSA) is 80.7 Å². The summed E-state index contributed by atoms with van der Waals surface area (Å²) < 4.78 is 1.69. The molecule has 6 heteroatoms. The number of pyridine rings is 1. The van der Waals surface area contributed by atoms with Crippen LogP contribution in [0.2, 0.25) is 0 Å². The molecule has 18 heavy (non-hydrogen) atoms. The number of aldehydes is 1. The second-order valence-corrected chi connectivity index (χ2v) is 3.85. The number of nitrogens with zero attached hydrogens (tertiary/aromatic N) is 3. The number of aromatic nitrogens is 2. The van der Waals surface area contributed by atoms with Gasteiger partial charge in [0.2, 0.25) is 5.91 Å². The van der Waals surface area contributed by atoms with Crippen molar-refractivity contribution in [1.82, 2.24) is 9.38 Å². The minimum atomic E-state index is -0.453. The first-order valence-corrected chi connectivity index (χ1v) is 5.63. The molecule has 0 aromatic carbocycles. The van der Waals surface area contributed by atoms with E-state index in [1.807, 2.05) is 19.1 Å². The van der Waals surface area contributed by atoms with E-state index < -0.39 is 5.91 Å². The molecule has 0 aliphatic rings. The number of primary amides is 1. The Morgan fingerprint density at radius 2 is 2.33 bits per heavy atom. The number of carbonyl (C=O) groups is 2. The third kappa shape index (κ3) is 2.04. The van der Waals surface area contributed by atoms with Crippen molar-refractivity contribution in [2.24, 2.45) is 5.73 Å². The average molecular weight is 246 g/mol. The zero-order valence-electron chi connectivity index (χ0n) is 10.0. The van der Waals surface area contributed by atoms with E-state index in [-0.39, 0.29) is 6.54 Å². The van der Waals surface area contributed by atoms with Crippen molar-refractivity contribution in [2.75, 3.05) is 18.0 Å². The first-order valence-electron chi connectivity index (χ1n) is 5.63. The van der Waals surface area contributed by atoms with Crippen molar-refractivity contribution < 1.29 is 9.59 Å². The van der Waals surface area contributed by atoms with E-state index in [2.05, 4.69) is 4.98 Å². The zero-order chi connectivity index (χ0) is 13.1. The number of rotatable bonds is 5. The summed E-state index contributed by atoms with van der Waals surface area (Å²) in [5, 5.41) is 0. The van der Waals surface area contributed by atoms with Gasteiger partial charge in [-0.3, -0.25) is 14.0 Å². The lowest BCUT2D eigenvalue weighted by molar-refractivity contribution is -0.116. The van der Waals surface area contributed by atoms with E-state index in [4.69, 9.17) is 5.73 Å². The number of amides is 1. The fourth-order valence-electron chi connectivity index (χ4n) is 1.87. The molecule has 0 unspecified atom stereocenters. The number of imidazole rings is 1. The Kier molecular flexibility index (Phi) is 3.27. The minimum Gasteiger partial charge on any atom is -0.368 e. The molecule has 1 amide bonds. The van der Waals surface area contributed by atoms with Crippen LogP contribution < -0.4 is 10.6 Å². The van der Waals surface area contributed by atoms with Crippen molar-refractivity contribution in [3.05, 3.63) is 30.1 Å². The lowest BCUT2D eigenvalue weighted by Gasteiger charge is -2.18. The first kappa shape index (κ1) is 12.1. The molecule has 2 aromatic heterocycles. The van der Waals surface area contributed by atoms with Gasteiger partial charge in [0.15, 0.2) is 12.1 Å². The lowest BCUT2D eigenvalue weighted by atomic mass is 10.4. The molecular weight excluding hydrogens is 232 g/mol. The number of nitrogens with two attached hydrogens (primary N) is 1. The van der Waals surface area contributed by atoms with Crippen LogP contribution in [0.15, 0.2) is 24.4 Å². The molecule has 0 aliphatic heterocycles. The summed E-state index contributed by atoms with van der Waals surface area (Å²) in [5.41, 5.74) is 6.28. The summed E-state index contributed by atoms with van der Waals surface area (Å²) in [4.78, 5) is 28.3. The van der Waals surface area contributed by atoms with Gasteiger partial charge in [0.25, 0.3) is 0 Å². The number of carbonyl (C=O) groups excluding carboxylic acids is 2. The summed E-state index contributed by atoms with van der Waals surface area (Å²) in [5.74, 6) is 0.0308. The van der Waals surface area contributed by atoms with Crippen LogP contribution in [0.5, 0.6) is 0 Å². The second-order valence-electron chi connectivity index (χ2n) is 3.85. The van der Waals surface area contributed by atoms with Crippen LogP contribution in [0, 0.1) is 0 Å². The lowest BCUT2D eigenvalue weighted by Crippen LogP contribution is -2.34. The van der Waals surface area contributed by atoms with Gasteiger partial charge in [-0.2, -0.15) is 0 Å². The molecular formula is C12H14N4O2. The Hall–Kier alpha value is -2.37. The average Bonchev–Trinajstić information content (AvgIpc) is 2.73. The predicted molar refractivity (Wildman–Crippen MR) is 67.7 cm³/mol. The highest BCUT2D eigenvalue weighted by atomic mass is 16.1. The standard InChI is InChI=1S/C12H14N4O2/c1-2-15(7-10(13)18)12-9(8-17)16-6-4-3-5-11(16)14-12/h3-6,8H,2,7H2,1H3,(H2,13,18). The molecule has 0 bridgehead atoms. The molecule has 0 aliphatic carbocycles. The van der Waals surface area contributed by atoms with E-state index in [0.29, 0.717) is 23.7 Å². The van der Waals surface area contributed by atoms with Crippen molar-refractivity contribution in [1.29, 1.82) is 0 Å². The zero-order valence-corrected chi connectivity index (χ0v) is 10.0. The summed E-state index contributed by atoms with van der Waals surface area (Å²) in [7, 11) is 0. The highest BCUT2D eigenvalue weighted by Crippen LogP contribution is 2.19. The van der Waals surface area contributed by atoms with E-state index in [1.165, 1.54) is 0 Å². The molecule has 0 saturated carbocycles.